The Labute approximate surface area is 248 Å². The number of hydrogen-bond donors (Lipinski definition) is 0. The maximum absolute atomic E-state index is 7.36. The largest absolute Gasteiger partial charge is 0.107 e. The highest BCUT2D eigenvalue weighted by molar-refractivity contribution is 6.95. The molecule has 0 radical (unpaired) electrons. The lowest BCUT2D eigenvalue weighted by molar-refractivity contribution is 0.912. The molecule has 0 spiro atoms. The van der Waals surface area contributed by atoms with Crippen LogP contribution in [0.2, 0.25) is 6.55 Å². The highest BCUT2D eigenvalue weighted by atomic mass is 35.5. The van der Waals surface area contributed by atoms with Crippen LogP contribution in [-0.2, 0) is 0 Å². The van der Waals surface area contributed by atoms with Crippen LogP contribution in [0.3, 0.4) is 0 Å². The summed E-state index contributed by atoms with van der Waals surface area (Å²) in [5, 5.41) is 8.56. The number of halogens is 2. The van der Waals surface area contributed by atoms with Crippen LogP contribution < -0.4 is 5.19 Å². The SMILES string of the molecule is CCC1=C(Cl)c2ccc3ccccc3c2C1[Si](C)(c1ccccc1)C1C(CC)=C(Cl)c2ccc3ccccc3c21. The number of fused-ring (bicyclic) bond motifs is 6. The molecule has 0 amide bonds. The fourth-order valence-corrected chi connectivity index (χ4v) is 14.8. The second-order valence-electron chi connectivity index (χ2n) is 11.4. The van der Waals surface area contributed by atoms with Gasteiger partial charge in [-0.25, -0.2) is 0 Å². The first-order chi connectivity index (χ1) is 19.5. The summed E-state index contributed by atoms with van der Waals surface area (Å²) in [5.74, 6) is 0. The summed E-state index contributed by atoms with van der Waals surface area (Å²) in [6, 6.07) is 38.0. The lowest BCUT2D eigenvalue weighted by Gasteiger charge is -2.43. The fourth-order valence-electron chi connectivity index (χ4n) is 7.88. The third kappa shape index (κ3) is 3.51. The Balaban J connectivity index is 1.62. The van der Waals surface area contributed by atoms with E-state index in [1.54, 1.807) is 0 Å². The summed E-state index contributed by atoms with van der Waals surface area (Å²) >= 11 is 14.7. The zero-order chi connectivity index (χ0) is 27.6. The second kappa shape index (κ2) is 9.77. The Bertz CT molecular complexity index is 1750. The van der Waals surface area contributed by atoms with Gasteiger partial charge in [0.1, 0.15) is 8.07 Å². The second-order valence-corrected chi connectivity index (χ2v) is 16.4. The van der Waals surface area contributed by atoms with Crippen LogP contribution in [0.15, 0.2) is 114 Å². The Kier molecular flexibility index (Phi) is 6.31. The van der Waals surface area contributed by atoms with Gasteiger partial charge in [0.25, 0.3) is 0 Å². The van der Waals surface area contributed by atoms with Gasteiger partial charge in [-0.1, -0.05) is 152 Å². The van der Waals surface area contributed by atoms with E-state index in [-0.39, 0.29) is 11.1 Å². The molecular formula is C37H32Cl2Si. The van der Waals surface area contributed by atoms with Gasteiger partial charge in [0, 0.05) is 21.1 Å². The molecule has 3 heteroatoms. The summed E-state index contributed by atoms with van der Waals surface area (Å²) in [5.41, 5.74) is 8.47. The van der Waals surface area contributed by atoms with Crippen LogP contribution in [0.1, 0.15) is 60.0 Å². The molecule has 0 aromatic heterocycles. The van der Waals surface area contributed by atoms with E-state index < -0.39 is 8.07 Å². The smallest absolute Gasteiger partial charge is 0.0837 e. The molecular weight excluding hydrogens is 543 g/mol. The molecule has 5 aromatic rings. The zero-order valence-electron chi connectivity index (χ0n) is 23.1. The van der Waals surface area contributed by atoms with E-state index in [0.717, 1.165) is 22.9 Å². The van der Waals surface area contributed by atoms with Crippen LogP contribution >= 0.6 is 23.2 Å². The molecule has 0 heterocycles. The summed E-state index contributed by atoms with van der Waals surface area (Å²) < 4.78 is 0. The van der Waals surface area contributed by atoms with Crippen molar-refractivity contribution in [2.45, 2.75) is 44.3 Å². The van der Waals surface area contributed by atoms with E-state index >= 15 is 0 Å². The van der Waals surface area contributed by atoms with Gasteiger partial charge in [-0.3, -0.25) is 0 Å². The molecule has 0 N–H and O–H groups in total. The Morgan fingerprint density at radius 3 is 1.43 bits per heavy atom. The molecule has 198 valence electrons. The average Bonchev–Trinajstić information content (AvgIpc) is 3.48. The van der Waals surface area contributed by atoms with Gasteiger partial charge < -0.3 is 0 Å². The van der Waals surface area contributed by atoms with Crippen molar-refractivity contribution in [2.24, 2.45) is 0 Å². The van der Waals surface area contributed by atoms with Crippen molar-refractivity contribution < 1.29 is 0 Å². The maximum Gasteiger partial charge on any atom is 0.107 e. The summed E-state index contributed by atoms with van der Waals surface area (Å²) in [4.78, 5) is 0. The van der Waals surface area contributed by atoms with Crippen molar-refractivity contribution in [3.05, 3.63) is 137 Å². The third-order valence-electron chi connectivity index (χ3n) is 9.61. The molecule has 0 fully saturated rings. The Morgan fingerprint density at radius 2 is 0.975 bits per heavy atom. The van der Waals surface area contributed by atoms with Crippen LogP contribution in [0.4, 0.5) is 0 Å². The first-order valence-electron chi connectivity index (χ1n) is 14.4. The van der Waals surface area contributed by atoms with Crippen molar-refractivity contribution >= 4 is 68.1 Å². The predicted octanol–water partition coefficient (Wildman–Crippen LogP) is 10.7. The molecule has 5 aromatic carbocycles. The molecule has 40 heavy (non-hydrogen) atoms. The molecule has 0 saturated carbocycles. The average molecular weight is 576 g/mol. The van der Waals surface area contributed by atoms with E-state index in [1.807, 2.05) is 0 Å². The molecule has 2 aliphatic carbocycles. The normalized spacial score (nSPS) is 19.8. The molecule has 2 atom stereocenters. The van der Waals surface area contributed by atoms with Crippen LogP contribution in [0, 0.1) is 0 Å². The topological polar surface area (TPSA) is 0 Å². The summed E-state index contributed by atoms with van der Waals surface area (Å²) in [6.45, 7) is 7.17. The van der Waals surface area contributed by atoms with Gasteiger partial charge in [-0.05, 0) is 67.8 Å². The van der Waals surface area contributed by atoms with Gasteiger partial charge in [0.05, 0.1) is 0 Å². The molecule has 0 bridgehead atoms. The lowest BCUT2D eigenvalue weighted by Crippen LogP contribution is -2.56. The number of rotatable bonds is 5. The molecule has 0 saturated heterocycles. The van der Waals surface area contributed by atoms with Crippen molar-refractivity contribution in [1.82, 2.24) is 0 Å². The summed E-state index contributed by atoms with van der Waals surface area (Å²) in [6.07, 6.45) is 1.85. The minimum Gasteiger partial charge on any atom is -0.0837 e. The van der Waals surface area contributed by atoms with E-state index in [2.05, 4.69) is 124 Å². The number of allylic oxidation sites excluding steroid dienone is 2. The molecule has 0 aliphatic heterocycles. The van der Waals surface area contributed by atoms with Crippen LogP contribution in [0.5, 0.6) is 0 Å². The Morgan fingerprint density at radius 1 is 0.550 bits per heavy atom. The zero-order valence-corrected chi connectivity index (χ0v) is 25.7. The van der Waals surface area contributed by atoms with Gasteiger partial charge in [-0.2, -0.15) is 0 Å². The first kappa shape index (κ1) is 25.8. The van der Waals surface area contributed by atoms with Crippen molar-refractivity contribution in [2.75, 3.05) is 0 Å². The van der Waals surface area contributed by atoms with Crippen LogP contribution in [-0.4, -0.2) is 8.07 Å². The Hall–Kier alpha value is -3.10. The molecule has 2 aliphatic rings. The van der Waals surface area contributed by atoms with Crippen molar-refractivity contribution in [3.8, 4) is 0 Å². The predicted molar refractivity (Wildman–Crippen MR) is 177 cm³/mol. The van der Waals surface area contributed by atoms with Gasteiger partial charge in [-0.15, -0.1) is 0 Å². The van der Waals surface area contributed by atoms with E-state index in [0.29, 0.717) is 0 Å². The highest BCUT2D eigenvalue weighted by Crippen LogP contribution is 2.59. The van der Waals surface area contributed by atoms with E-state index in [1.165, 1.54) is 60.1 Å². The number of hydrogen-bond acceptors (Lipinski definition) is 0. The quantitative estimate of drug-likeness (QED) is 0.183. The minimum atomic E-state index is -2.53. The third-order valence-corrected chi connectivity index (χ3v) is 15.8. The molecule has 7 rings (SSSR count). The van der Waals surface area contributed by atoms with Gasteiger partial charge >= 0.3 is 0 Å². The van der Waals surface area contributed by atoms with Gasteiger partial charge in [0.15, 0.2) is 0 Å². The monoisotopic (exact) mass is 574 g/mol. The first-order valence-corrected chi connectivity index (χ1v) is 17.8. The van der Waals surface area contributed by atoms with Gasteiger partial charge in [0.2, 0.25) is 0 Å². The van der Waals surface area contributed by atoms with E-state index in [9.17, 15) is 0 Å². The number of benzene rings is 5. The fraction of sp³-hybridized carbons (Fsp3) is 0.189. The van der Waals surface area contributed by atoms with Crippen molar-refractivity contribution in [1.29, 1.82) is 0 Å². The molecule has 2 unspecified atom stereocenters. The summed E-state index contributed by atoms with van der Waals surface area (Å²) in [7, 11) is -2.53. The highest BCUT2D eigenvalue weighted by Gasteiger charge is 2.54. The van der Waals surface area contributed by atoms with E-state index in [4.69, 9.17) is 23.2 Å². The standard InChI is InChI=1S/C37H32Cl2Si/c1-4-26-34(38)30-21-19-23-13-9-11-17-28(23)32(30)36(26)40(3,25-15-7-6-8-16-25)37-27(5-2)35(39)31-22-20-24-14-10-12-18-29(24)33(31)37/h6-22,36-37H,4-5H2,1-3H3. The minimum absolute atomic E-state index is 0.231. The lowest BCUT2D eigenvalue weighted by atomic mass is 9.98. The maximum atomic E-state index is 7.36. The molecule has 0 nitrogen and oxygen atoms in total. The van der Waals surface area contributed by atoms with Crippen molar-refractivity contribution in [3.63, 3.8) is 0 Å². The van der Waals surface area contributed by atoms with Crippen LogP contribution in [0.25, 0.3) is 31.6 Å².